The first-order chi connectivity index (χ1) is 9.06. The van der Waals surface area contributed by atoms with Gasteiger partial charge in [0.15, 0.2) is 6.10 Å². The van der Waals surface area contributed by atoms with Crippen LogP contribution in [0.15, 0.2) is 18.2 Å². The van der Waals surface area contributed by atoms with Gasteiger partial charge in [-0.15, -0.1) is 0 Å². The summed E-state index contributed by atoms with van der Waals surface area (Å²) in [7, 11) is 0. The second-order valence-corrected chi connectivity index (χ2v) is 5.84. The number of carbonyl (C=O) groups is 1. The molecule has 1 aromatic carbocycles. The molecule has 19 heavy (non-hydrogen) atoms. The molecule has 0 bridgehead atoms. The van der Waals surface area contributed by atoms with Crippen LogP contribution in [0.3, 0.4) is 0 Å². The second kappa shape index (κ2) is 4.53. The van der Waals surface area contributed by atoms with Gasteiger partial charge in [0.05, 0.1) is 0 Å². The molecule has 0 aliphatic carbocycles. The summed E-state index contributed by atoms with van der Waals surface area (Å²) in [5.41, 5.74) is 2.57. The Hall–Kier alpha value is -1.55. The molecule has 3 atom stereocenters. The minimum absolute atomic E-state index is 0.326. The molecule has 3 unspecified atom stereocenters. The number of rotatable bonds is 1. The van der Waals surface area contributed by atoms with E-state index in [2.05, 4.69) is 24.1 Å². The molecule has 4 heteroatoms. The lowest BCUT2D eigenvalue weighted by atomic mass is 9.93. The van der Waals surface area contributed by atoms with Crippen molar-refractivity contribution >= 4 is 17.3 Å². The number of piperidine rings is 1. The molecule has 3 rings (SSSR count). The molecule has 2 aliphatic heterocycles. The van der Waals surface area contributed by atoms with Gasteiger partial charge in [0.2, 0.25) is 0 Å². The molecule has 0 spiro atoms. The summed E-state index contributed by atoms with van der Waals surface area (Å²) in [6.45, 7) is 5.60. The van der Waals surface area contributed by atoms with Gasteiger partial charge < -0.3 is 15.3 Å². The van der Waals surface area contributed by atoms with Crippen LogP contribution in [0.25, 0.3) is 0 Å². The molecule has 0 aromatic heterocycles. The first-order valence-corrected chi connectivity index (χ1v) is 6.96. The van der Waals surface area contributed by atoms with Crippen LogP contribution in [0, 0.1) is 5.92 Å². The lowest BCUT2D eigenvalue weighted by Gasteiger charge is -2.38. The quantitative estimate of drug-likeness (QED) is 0.814. The van der Waals surface area contributed by atoms with Crippen LogP contribution in [0.2, 0.25) is 0 Å². The topological polar surface area (TPSA) is 52.6 Å². The third-order valence-corrected chi connectivity index (χ3v) is 4.31. The number of hydrogen-bond donors (Lipinski definition) is 2. The summed E-state index contributed by atoms with van der Waals surface area (Å²) >= 11 is 0. The molecular weight excluding hydrogens is 240 g/mol. The number of hydrogen-bond acceptors (Lipinski definition) is 3. The minimum atomic E-state index is -1.01. The highest BCUT2D eigenvalue weighted by atomic mass is 16.3. The second-order valence-electron chi connectivity index (χ2n) is 5.84. The molecule has 2 N–H and O–H groups in total. The predicted octanol–water partition coefficient (Wildman–Crippen LogP) is 2.30. The molecule has 1 fully saturated rings. The van der Waals surface area contributed by atoms with Gasteiger partial charge in [0.1, 0.15) is 0 Å². The van der Waals surface area contributed by atoms with Crippen molar-refractivity contribution in [3.8, 4) is 0 Å². The van der Waals surface area contributed by atoms with E-state index in [4.69, 9.17) is 0 Å². The van der Waals surface area contributed by atoms with Crippen molar-refractivity contribution in [1.82, 2.24) is 0 Å². The maximum absolute atomic E-state index is 11.5. The molecule has 102 valence electrons. The summed E-state index contributed by atoms with van der Waals surface area (Å²) in [4.78, 5) is 13.8. The fourth-order valence-electron chi connectivity index (χ4n) is 3.20. The molecule has 4 nitrogen and oxygen atoms in total. The number of fused-ring (bicyclic) bond motifs is 1. The zero-order valence-corrected chi connectivity index (χ0v) is 11.4. The summed E-state index contributed by atoms with van der Waals surface area (Å²) in [5, 5.41) is 12.4. The molecule has 2 aliphatic rings. The van der Waals surface area contributed by atoms with Crippen LogP contribution in [-0.4, -0.2) is 23.6 Å². The van der Waals surface area contributed by atoms with Crippen LogP contribution in [0.4, 0.5) is 11.4 Å². The first-order valence-electron chi connectivity index (χ1n) is 6.96. The first kappa shape index (κ1) is 12.5. The van der Waals surface area contributed by atoms with E-state index in [1.807, 2.05) is 18.2 Å². The Labute approximate surface area is 113 Å². The van der Waals surface area contributed by atoms with Crippen molar-refractivity contribution < 1.29 is 9.90 Å². The Bertz CT molecular complexity index is 515. The summed E-state index contributed by atoms with van der Waals surface area (Å²) in [6.07, 6.45) is 1.39. The summed E-state index contributed by atoms with van der Waals surface area (Å²) < 4.78 is 0. The van der Waals surface area contributed by atoms with Gasteiger partial charge >= 0.3 is 0 Å². The van der Waals surface area contributed by atoms with Gasteiger partial charge in [0, 0.05) is 29.5 Å². The number of aliphatic hydroxyl groups is 1. The van der Waals surface area contributed by atoms with E-state index in [1.165, 1.54) is 12.8 Å². The Morgan fingerprint density at radius 1 is 1.37 bits per heavy atom. The number of aliphatic hydroxyl groups excluding tert-OH is 1. The van der Waals surface area contributed by atoms with Crippen molar-refractivity contribution in [3.05, 3.63) is 23.8 Å². The number of anilines is 2. The average molecular weight is 260 g/mol. The van der Waals surface area contributed by atoms with Crippen molar-refractivity contribution in [2.45, 2.75) is 38.8 Å². The average Bonchev–Trinajstić information content (AvgIpc) is 2.64. The predicted molar refractivity (Wildman–Crippen MR) is 75.2 cm³/mol. The minimum Gasteiger partial charge on any atom is -0.378 e. The van der Waals surface area contributed by atoms with Gasteiger partial charge in [-0.1, -0.05) is 13.0 Å². The SMILES string of the molecule is CC1CCN(c2ccc3c(c2)NC(=O)C3O)C(C)C1. The molecule has 2 heterocycles. The van der Waals surface area contributed by atoms with Crippen LogP contribution in [0.5, 0.6) is 0 Å². The number of nitrogens with zero attached hydrogens (tertiary/aromatic N) is 1. The third kappa shape index (κ3) is 2.10. The molecule has 1 saturated heterocycles. The van der Waals surface area contributed by atoms with Crippen LogP contribution in [0.1, 0.15) is 38.4 Å². The molecule has 1 aromatic rings. The van der Waals surface area contributed by atoms with E-state index < -0.39 is 6.10 Å². The normalized spacial score (nSPS) is 30.2. The molecule has 0 saturated carbocycles. The highest BCUT2D eigenvalue weighted by Crippen LogP contribution is 2.36. The Kier molecular flexibility index (Phi) is 2.97. The maximum Gasteiger partial charge on any atom is 0.257 e. The fourth-order valence-corrected chi connectivity index (χ4v) is 3.20. The number of benzene rings is 1. The van der Waals surface area contributed by atoms with Crippen LogP contribution >= 0.6 is 0 Å². The lowest BCUT2D eigenvalue weighted by molar-refractivity contribution is -0.123. The van der Waals surface area contributed by atoms with Crippen molar-refractivity contribution in [2.75, 3.05) is 16.8 Å². The third-order valence-electron chi connectivity index (χ3n) is 4.31. The van der Waals surface area contributed by atoms with Crippen molar-refractivity contribution in [2.24, 2.45) is 5.92 Å². The highest BCUT2D eigenvalue weighted by molar-refractivity contribution is 6.02. The van der Waals surface area contributed by atoms with E-state index in [0.717, 1.165) is 23.8 Å². The monoisotopic (exact) mass is 260 g/mol. The van der Waals surface area contributed by atoms with Crippen molar-refractivity contribution in [3.63, 3.8) is 0 Å². The Morgan fingerprint density at radius 2 is 2.16 bits per heavy atom. The van der Waals surface area contributed by atoms with E-state index in [1.54, 1.807) is 0 Å². The van der Waals surface area contributed by atoms with E-state index >= 15 is 0 Å². The zero-order valence-electron chi connectivity index (χ0n) is 11.4. The van der Waals surface area contributed by atoms with E-state index in [0.29, 0.717) is 11.6 Å². The Balaban J connectivity index is 1.87. The summed E-state index contributed by atoms with van der Waals surface area (Å²) in [5.74, 6) is 0.453. The zero-order chi connectivity index (χ0) is 13.6. The van der Waals surface area contributed by atoms with E-state index in [-0.39, 0.29) is 5.91 Å². The summed E-state index contributed by atoms with van der Waals surface area (Å²) in [6, 6.07) is 6.37. The van der Waals surface area contributed by atoms with Crippen molar-refractivity contribution in [1.29, 1.82) is 0 Å². The maximum atomic E-state index is 11.5. The van der Waals surface area contributed by atoms with Gasteiger partial charge in [-0.2, -0.15) is 0 Å². The number of nitrogens with one attached hydrogen (secondary N) is 1. The van der Waals surface area contributed by atoms with Gasteiger partial charge in [-0.25, -0.2) is 0 Å². The standard InChI is InChI=1S/C15H20N2O2/c1-9-5-6-17(10(2)7-9)11-3-4-12-13(8-11)16-15(19)14(12)18/h3-4,8-10,14,18H,5-7H2,1-2H3,(H,16,19). The van der Waals surface area contributed by atoms with Gasteiger partial charge in [0.25, 0.3) is 5.91 Å². The van der Waals surface area contributed by atoms with Crippen LogP contribution < -0.4 is 10.2 Å². The van der Waals surface area contributed by atoms with E-state index in [9.17, 15) is 9.90 Å². The number of amides is 1. The van der Waals surface area contributed by atoms with Crippen LogP contribution in [-0.2, 0) is 4.79 Å². The van der Waals surface area contributed by atoms with Gasteiger partial charge in [-0.05, 0) is 37.8 Å². The van der Waals surface area contributed by atoms with Gasteiger partial charge in [-0.3, -0.25) is 4.79 Å². The molecule has 0 radical (unpaired) electrons. The number of carbonyl (C=O) groups excluding carboxylic acids is 1. The lowest BCUT2D eigenvalue weighted by Crippen LogP contribution is -2.40. The smallest absolute Gasteiger partial charge is 0.257 e. The largest absolute Gasteiger partial charge is 0.378 e. The Morgan fingerprint density at radius 3 is 2.89 bits per heavy atom. The molecular formula is C15H20N2O2. The highest BCUT2D eigenvalue weighted by Gasteiger charge is 2.30. The molecule has 1 amide bonds. The fraction of sp³-hybridized carbons (Fsp3) is 0.533.